The van der Waals surface area contributed by atoms with Gasteiger partial charge in [0, 0.05) is 46.4 Å². The van der Waals surface area contributed by atoms with Gasteiger partial charge in [-0.2, -0.15) is 0 Å². The lowest BCUT2D eigenvalue weighted by Crippen LogP contribution is -2.33. The fraction of sp³-hybridized carbons (Fsp3) is 0.333. The van der Waals surface area contributed by atoms with Crippen LogP contribution in [-0.2, 0) is 16.1 Å². The zero-order chi connectivity index (χ0) is 22.7. The van der Waals surface area contributed by atoms with Crippen LogP contribution in [0.25, 0.3) is 10.1 Å². The summed E-state index contributed by atoms with van der Waals surface area (Å²) in [7, 11) is 0. The Morgan fingerprint density at radius 1 is 1.25 bits per heavy atom. The van der Waals surface area contributed by atoms with Crippen molar-refractivity contribution >= 4 is 33.0 Å². The largest absolute Gasteiger partial charge is 0.394 e. The van der Waals surface area contributed by atoms with Crippen LogP contribution in [0.3, 0.4) is 0 Å². The first kappa shape index (κ1) is 22.5. The number of aliphatic hydroxyl groups excluding tert-OH is 1. The van der Waals surface area contributed by atoms with E-state index in [1.54, 1.807) is 18.3 Å². The number of halogens is 2. The number of nitrogens with one attached hydrogen (secondary N) is 1. The third kappa shape index (κ3) is 4.87. The standard InChI is InChI=1S/C24H24F2N2O3S/c1-14-8-20(25)23(21(26)9-14)19-13-27-24(28-31-7-6-29)18(19)12-16(30)11-17-10-15-4-2-3-5-22(15)32-17/h2-5,8-10,18-19,29H,6-7,11-13H2,1H3,(H,27,28)/t18-,19+/m0/s1. The second-order valence-electron chi connectivity index (χ2n) is 7.93. The maximum absolute atomic E-state index is 14.7. The molecule has 4 rings (SSSR count). The lowest BCUT2D eigenvalue weighted by molar-refractivity contribution is -0.119. The van der Waals surface area contributed by atoms with E-state index in [2.05, 4.69) is 10.5 Å². The van der Waals surface area contributed by atoms with Crippen LogP contribution >= 0.6 is 11.3 Å². The fourth-order valence-electron chi connectivity index (χ4n) is 4.14. The highest BCUT2D eigenvalue weighted by Gasteiger charge is 2.37. The summed E-state index contributed by atoms with van der Waals surface area (Å²) >= 11 is 1.57. The molecule has 1 aliphatic rings. The van der Waals surface area contributed by atoms with E-state index in [1.165, 1.54) is 12.1 Å². The Labute approximate surface area is 188 Å². The lowest BCUT2D eigenvalue weighted by atomic mass is 9.83. The lowest BCUT2D eigenvalue weighted by Gasteiger charge is -2.22. The molecule has 0 spiro atoms. The third-order valence-corrected chi connectivity index (χ3v) is 6.67. The maximum Gasteiger partial charge on any atom is 0.138 e. The first-order valence-corrected chi connectivity index (χ1v) is 11.3. The van der Waals surface area contributed by atoms with Crippen LogP contribution < -0.4 is 5.48 Å². The predicted octanol–water partition coefficient (Wildman–Crippen LogP) is 4.32. The molecule has 0 amide bonds. The van der Waals surface area contributed by atoms with E-state index < -0.39 is 23.5 Å². The molecule has 0 bridgehead atoms. The molecule has 2 N–H and O–H groups in total. The van der Waals surface area contributed by atoms with Crippen molar-refractivity contribution in [2.24, 2.45) is 10.9 Å². The van der Waals surface area contributed by atoms with Crippen LogP contribution in [-0.4, -0.2) is 36.5 Å². The van der Waals surface area contributed by atoms with Gasteiger partial charge in [-0.3, -0.25) is 20.1 Å². The number of hydrogen-bond donors (Lipinski definition) is 2. The highest BCUT2D eigenvalue weighted by Crippen LogP contribution is 2.37. The minimum Gasteiger partial charge on any atom is -0.394 e. The van der Waals surface area contributed by atoms with Gasteiger partial charge in [-0.15, -0.1) is 11.3 Å². The van der Waals surface area contributed by atoms with Gasteiger partial charge in [-0.05, 0) is 42.1 Å². The van der Waals surface area contributed by atoms with Crippen LogP contribution in [0.1, 0.15) is 28.3 Å². The number of ketones is 1. The normalized spacial score (nSPS) is 18.2. The molecule has 32 heavy (non-hydrogen) atoms. The Morgan fingerprint density at radius 3 is 2.72 bits per heavy atom. The van der Waals surface area contributed by atoms with Crippen molar-refractivity contribution in [2.45, 2.75) is 25.7 Å². The van der Waals surface area contributed by atoms with Crippen LogP contribution in [0.2, 0.25) is 0 Å². The number of nitrogens with zero attached hydrogens (tertiary/aromatic N) is 1. The molecule has 1 aromatic heterocycles. The van der Waals surface area contributed by atoms with Gasteiger partial charge in [0.05, 0.1) is 13.2 Å². The second-order valence-corrected chi connectivity index (χ2v) is 9.09. The van der Waals surface area contributed by atoms with E-state index in [0.717, 1.165) is 15.0 Å². The third-order valence-electron chi connectivity index (χ3n) is 5.56. The zero-order valence-corrected chi connectivity index (χ0v) is 18.4. The summed E-state index contributed by atoms with van der Waals surface area (Å²) in [4.78, 5) is 23.5. The topological polar surface area (TPSA) is 70.9 Å². The number of hydrogen-bond acceptors (Lipinski definition) is 6. The van der Waals surface area contributed by atoms with Gasteiger partial charge in [0.2, 0.25) is 0 Å². The molecule has 2 aromatic carbocycles. The van der Waals surface area contributed by atoms with Gasteiger partial charge in [-0.1, -0.05) is 18.2 Å². The summed E-state index contributed by atoms with van der Waals surface area (Å²) in [5, 5.41) is 10.0. The van der Waals surface area contributed by atoms with Crippen molar-refractivity contribution in [1.82, 2.24) is 5.48 Å². The summed E-state index contributed by atoms with van der Waals surface area (Å²) in [5.41, 5.74) is 3.10. The van der Waals surface area contributed by atoms with Crippen molar-refractivity contribution in [3.05, 3.63) is 70.1 Å². The maximum atomic E-state index is 14.7. The van der Waals surface area contributed by atoms with Gasteiger partial charge >= 0.3 is 0 Å². The average molecular weight is 459 g/mol. The molecule has 8 heteroatoms. The van der Waals surface area contributed by atoms with Gasteiger partial charge in [0.25, 0.3) is 0 Å². The van der Waals surface area contributed by atoms with E-state index >= 15 is 0 Å². The Hall–Kier alpha value is -2.68. The number of carbonyl (C=O) groups is 1. The monoisotopic (exact) mass is 458 g/mol. The molecule has 0 saturated carbocycles. The number of Topliss-reactive ketones (excluding diaryl/α,β-unsaturated/α-hetero) is 1. The molecular weight excluding hydrogens is 434 g/mol. The molecule has 0 radical (unpaired) electrons. The van der Waals surface area contributed by atoms with Gasteiger partial charge in [0.1, 0.15) is 23.3 Å². The number of aryl methyl sites for hydroxylation is 1. The van der Waals surface area contributed by atoms with E-state index in [-0.39, 0.29) is 43.9 Å². The van der Waals surface area contributed by atoms with Crippen LogP contribution in [0, 0.1) is 24.5 Å². The Kier molecular flexibility index (Phi) is 6.93. The highest BCUT2D eigenvalue weighted by atomic mass is 32.1. The summed E-state index contributed by atoms with van der Waals surface area (Å²) in [6.45, 7) is 1.60. The molecule has 0 fully saturated rings. The number of aliphatic imine (C=N–C) groups is 1. The quantitative estimate of drug-likeness (QED) is 0.390. The molecule has 0 unspecified atom stereocenters. The van der Waals surface area contributed by atoms with Crippen molar-refractivity contribution in [3.63, 3.8) is 0 Å². The Morgan fingerprint density at radius 2 is 2.00 bits per heavy atom. The SMILES string of the molecule is Cc1cc(F)c([C@@H]2CN=C(NOCCO)[C@H]2CC(=O)Cc2cc3ccccc3s2)c(F)c1. The van der Waals surface area contributed by atoms with Gasteiger partial charge in [-0.25, -0.2) is 8.78 Å². The number of hydroxylamine groups is 1. The molecule has 168 valence electrons. The Balaban J connectivity index is 1.55. The molecule has 5 nitrogen and oxygen atoms in total. The van der Waals surface area contributed by atoms with Crippen molar-refractivity contribution in [2.75, 3.05) is 19.8 Å². The number of fused-ring (bicyclic) bond motifs is 1. The van der Waals surface area contributed by atoms with Crippen molar-refractivity contribution in [3.8, 4) is 0 Å². The minimum atomic E-state index is -0.637. The van der Waals surface area contributed by atoms with Crippen LogP contribution in [0.4, 0.5) is 8.78 Å². The van der Waals surface area contributed by atoms with Gasteiger partial charge < -0.3 is 5.11 Å². The first-order chi connectivity index (χ1) is 15.5. The molecular formula is C24H24F2N2O3S. The number of aliphatic hydroxyl groups is 1. The molecule has 2 atom stereocenters. The summed E-state index contributed by atoms with van der Waals surface area (Å²) in [6, 6.07) is 12.5. The molecule has 3 aromatic rings. The number of carbonyl (C=O) groups excluding carboxylic acids is 1. The summed E-state index contributed by atoms with van der Waals surface area (Å²) < 4.78 is 30.5. The van der Waals surface area contributed by atoms with Crippen molar-refractivity contribution < 1.29 is 23.5 Å². The summed E-state index contributed by atoms with van der Waals surface area (Å²) in [6.07, 6.45) is 0.312. The van der Waals surface area contributed by atoms with Crippen LogP contribution in [0.15, 0.2) is 47.5 Å². The smallest absolute Gasteiger partial charge is 0.138 e. The predicted molar refractivity (Wildman–Crippen MR) is 121 cm³/mol. The van der Waals surface area contributed by atoms with Crippen molar-refractivity contribution in [1.29, 1.82) is 0 Å². The molecule has 1 aliphatic heterocycles. The van der Waals surface area contributed by atoms with Gasteiger partial charge in [0.15, 0.2) is 0 Å². The number of rotatable bonds is 8. The van der Waals surface area contributed by atoms with E-state index in [0.29, 0.717) is 11.4 Å². The first-order valence-electron chi connectivity index (χ1n) is 10.4. The van der Waals surface area contributed by atoms with E-state index in [4.69, 9.17) is 9.94 Å². The minimum absolute atomic E-state index is 0.0272. The fourth-order valence-corrected chi connectivity index (χ4v) is 5.24. The van der Waals surface area contributed by atoms with E-state index in [1.807, 2.05) is 30.3 Å². The van der Waals surface area contributed by atoms with E-state index in [9.17, 15) is 13.6 Å². The highest BCUT2D eigenvalue weighted by molar-refractivity contribution is 7.19. The summed E-state index contributed by atoms with van der Waals surface area (Å²) in [5.74, 6) is -2.13. The Bertz CT molecular complexity index is 1110. The molecule has 2 heterocycles. The number of thiophene rings is 1. The number of amidine groups is 1. The van der Waals surface area contributed by atoms with Crippen LogP contribution in [0.5, 0.6) is 0 Å². The average Bonchev–Trinajstić information content (AvgIpc) is 3.31. The number of benzene rings is 2. The molecule has 0 aliphatic carbocycles. The second kappa shape index (κ2) is 9.85. The zero-order valence-electron chi connectivity index (χ0n) is 17.6. The molecule has 0 saturated heterocycles.